The van der Waals surface area contributed by atoms with Gasteiger partial charge in [-0.25, -0.2) is 8.78 Å². The average Bonchev–Trinajstić information content (AvgIpc) is 2.97. The highest BCUT2D eigenvalue weighted by molar-refractivity contribution is 6.01. The molecular formula is C25H30F2O8. The van der Waals surface area contributed by atoms with Gasteiger partial charge in [-0.2, -0.15) is 0 Å². The zero-order valence-corrected chi connectivity index (χ0v) is 20.0. The molecule has 0 unspecified atom stereocenters. The van der Waals surface area contributed by atoms with Gasteiger partial charge in [-0.3, -0.25) is 19.2 Å². The fourth-order valence-electron chi connectivity index (χ4n) is 7.30. The van der Waals surface area contributed by atoms with E-state index in [9.17, 15) is 29.4 Å². The highest BCUT2D eigenvalue weighted by Gasteiger charge is 2.78. The molecule has 192 valence electrons. The van der Waals surface area contributed by atoms with Crippen LogP contribution in [0.5, 0.6) is 0 Å². The molecular weight excluding hydrogens is 466 g/mol. The first kappa shape index (κ1) is 25.6. The first-order chi connectivity index (χ1) is 16.1. The van der Waals surface area contributed by atoms with E-state index in [1.165, 1.54) is 19.9 Å². The molecule has 0 aromatic carbocycles. The van der Waals surface area contributed by atoms with Crippen molar-refractivity contribution >= 4 is 23.5 Å². The zero-order valence-electron chi connectivity index (χ0n) is 20.0. The SMILES string of the molecule is CC(=O)OCC(=O)[C@@]1(O)[C@H](OC(C)=O)C[C@H]2[C@@H]3C[C@@H](F)C4=CC(=O)C=C[C@]4(C)[C@@]3(F)[C@@H](O)C[C@@]21C. The topological polar surface area (TPSA) is 127 Å². The molecule has 0 saturated heterocycles. The number of ketones is 2. The number of ether oxygens (including phenoxy) is 2. The van der Waals surface area contributed by atoms with Crippen LogP contribution in [-0.4, -0.2) is 70.0 Å². The Balaban J connectivity index is 1.83. The van der Waals surface area contributed by atoms with Gasteiger partial charge in [0.15, 0.2) is 23.7 Å². The van der Waals surface area contributed by atoms with Gasteiger partial charge < -0.3 is 19.7 Å². The molecule has 4 aliphatic rings. The van der Waals surface area contributed by atoms with Crippen LogP contribution in [0.15, 0.2) is 23.8 Å². The zero-order chi connectivity index (χ0) is 26.1. The summed E-state index contributed by atoms with van der Waals surface area (Å²) in [4.78, 5) is 48.3. The molecule has 35 heavy (non-hydrogen) atoms. The monoisotopic (exact) mass is 496 g/mol. The van der Waals surface area contributed by atoms with E-state index >= 15 is 8.78 Å². The third-order valence-corrected chi connectivity index (χ3v) is 8.96. The predicted molar refractivity (Wildman–Crippen MR) is 116 cm³/mol. The van der Waals surface area contributed by atoms with E-state index in [-0.39, 0.29) is 12.0 Å². The lowest BCUT2D eigenvalue weighted by atomic mass is 9.44. The summed E-state index contributed by atoms with van der Waals surface area (Å²) in [5.74, 6) is -5.05. The third-order valence-electron chi connectivity index (χ3n) is 8.96. The third kappa shape index (κ3) is 3.28. The Morgan fingerprint density at radius 3 is 2.40 bits per heavy atom. The molecule has 0 amide bonds. The second kappa shape index (κ2) is 8.03. The molecule has 4 rings (SSSR count). The van der Waals surface area contributed by atoms with Crippen LogP contribution in [0.3, 0.4) is 0 Å². The summed E-state index contributed by atoms with van der Waals surface area (Å²) in [6, 6.07) is 0. The Labute approximate surface area is 201 Å². The van der Waals surface area contributed by atoms with Gasteiger partial charge in [-0.1, -0.05) is 13.0 Å². The Hall–Kier alpha value is -2.46. The molecule has 0 radical (unpaired) electrons. The van der Waals surface area contributed by atoms with E-state index in [2.05, 4.69) is 0 Å². The quantitative estimate of drug-likeness (QED) is 0.564. The lowest BCUT2D eigenvalue weighted by Crippen LogP contribution is -2.71. The lowest BCUT2D eigenvalue weighted by Gasteiger charge is -2.62. The van der Waals surface area contributed by atoms with Crippen molar-refractivity contribution in [2.75, 3.05) is 6.61 Å². The van der Waals surface area contributed by atoms with Crippen molar-refractivity contribution in [1.82, 2.24) is 0 Å². The maximum atomic E-state index is 17.2. The highest BCUT2D eigenvalue weighted by Crippen LogP contribution is 2.70. The number of Topliss-reactive ketones (excluding diaryl/α,β-unsaturated/α-hetero) is 1. The van der Waals surface area contributed by atoms with Gasteiger partial charge in [0.1, 0.15) is 12.3 Å². The smallest absolute Gasteiger partial charge is 0.303 e. The average molecular weight is 497 g/mol. The number of carbonyl (C=O) groups excluding carboxylic acids is 4. The van der Waals surface area contributed by atoms with Gasteiger partial charge in [0, 0.05) is 30.6 Å². The lowest BCUT2D eigenvalue weighted by molar-refractivity contribution is -0.227. The summed E-state index contributed by atoms with van der Waals surface area (Å²) in [6.45, 7) is 4.28. The van der Waals surface area contributed by atoms with Crippen LogP contribution in [0.1, 0.15) is 47.0 Å². The first-order valence-electron chi connectivity index (χ1n) is 11.7. The molecule has 0 bridgehead atoms. The van der Waals surface area contributed by atoms with Gasteiger partial charge in [0.25, 0.3) is 0 Å². The maximum absolute atomic E-state index is 17.2. The summed E-state index contributed by atoms with van der Waals surface area (Å²) in [5, 5.41) is 23.1. The van der Waals surface area contributed by atoms with Gasteiger partial charge in [-0.15, -0.1) is 0 Å². The van der Waals surface area contributed by atoms with Crippen molar-refractivity contribution in [1.29, 1.82) is 0 Å². The molecule has 10 heteroatoms. The van der Waals surface area contributed by atoms with Crippen molar-refractivity contribution in [3.8, 4) is 0 Å². The second-order valence-corrected chi connectivity index (χ2v) is 10.7. The molecule has 9 atom stereocenters. The number of hydrogen-bond acceptors (Lipinski definition) is 8. The number of carbonyl (C=O) groups is 4. The number of aliphatic hydroxyl groups excluding tert-OH is 1. The second-order valence-electron chi connectivity index (χ2n) is 10.7. The number of esters is 2. The van der Waals surface area contributed by atoms with Crippen LogP contribution in [-0.2, 0) is 28.7 Å². The minimum Gasteiger partial charge on any atom is -0.459 e. The standard InChI is InChI=1S/C25H30F2O8/c1-12(28)34-11-20(32)25(33)21(35-13(2)29)9-15-16-8-18(26)17-7-14(30)5-6-22(17,3)24(16,27)19(31)10-23(15,25)4/h5-7,15-16,18-19,21,31,33H,8-11H2,1-4H3/t15-,16-,18+,19-,21+,22-,23-,24-,25+/m0/s1. The van der Waals surface area contributed by atoms with Gasteiger partial charge >= 0.3 is 11.9 Å². The van der Waals surface area contributed by atoms with E-state index < -0.39 is 95.3 Å². The van der Waals surface area contributed by atoms with E-state index in [1.807, 2.05) is 0 Å². The van der Waals surface area contributed by atoms with Crippen LogP contribution in [0.4, 0.5) is 8.78 Å². The van der Waals surface area contributed by atoms with Crippen molar-refractivity contribution in [2.24, 2.45) is 22.7 Å². The molecule has 8 nitrogen and oxygen atoms in total. The first-order valence-corrected chi connectivity index (χ1v) is 11.7. The van der Waals surface area contributed by atoms with E-state index in [0.29, 0.717) is 0 Å². The normalized spacial score (nSPS) is 46.1. The van der Waals surface area contributed by atoms with Gasteiger partial charge in [-0.05, 0) is 49.8 Å². The molecule has 0 aliphatic heterocycles. The number of aliphatic hydroxyl groups is 2. The Morgan fingerprint density at radius 1 is 1.14 bits per heavy atom. The molecule has 4 aliphatic carbocycles. The number of halogens is 2. The Morgan fingerprint density at radius 2 is 1.80 bits per heavy atom. The van der Waals surface area contributed by atoms with Crippen molar-refractivity contribution in [3.63, 3.8) is 0 Å². The summed E-state index contributed by atoms with van der Waals surface area (Å²) < 4.78 is 42.8. The van der Waals surface area contributed by atoms with Crippen LogP contribution in [0, 0.1) is 22.7 Å². The maximum Gasteiger partial charge on any atom is 0.303 e. The van der Waals surface area contributed by atoms with Gasteiger partial charge in [0.2, 0.25) is 5.78 Å². The van der Waals surface area contributed by atoms with Crippen LogP contribution in [0.2, 0.25) is 0 Å². The van der Waals surface area contributed by atoms with Crippen molar-refractivity contribution < 1.29 is 47.6 Å². The Kier molecular flexibility index (Phi) is 5.88. The van der Waals surface area contributed by atoms with Crippen molar-refractivity contribution in [3.05, 3.63) is 23.8 Å². The molecule has 2 N–H and O–H groups in total. The van der Waals surface area contributed by atoms with Crippen LogP contribution >= 0.6 is 0 Å². The van der Waals surface area contributed by atoms with Crippen LogP contribution in [0.25, 0.3) is 0 Å². The molecule has 0 aromatic heterocycles. The minimum atomic E-state index is -2.42. The summed E-state index contributed by atoms with van der Waals surface area (Å²) >= 11 is 0. The molecule has 3 fully saturated rings. The minimum absolute atomic E-state index is 0.0536. The van der Waals surface area contributed by atoms with E-state index in [0.717, 1.165) is 26.0 Å². The van der Waals surface area contributed by atoms with Crippen molar-refractivity contribution in [2.45, 2.75) is 76.6 Å². The largest absolute Gasteiger partial charge is 0.459 e. The van der Waals surface area contributed by atoms with Gasteiger partial charge in [0.05, 0.1) is 6.10 Å². The van der Waals surface area contributed by atoms with E-state index in [4.69, 9.17) is 9.47 Å². The fraction of sp³-hybridized carbons (Fsp3) is 0.680. The number of hydrogen-bond donors (Lipinski definition) is 2. The summed E-state index contributed by atoms with van der Waals surface area (Å²) in [7, 11) is 0. The summed E-state index contributed by atoms with van der Waals surface area (Å²) in [5.41, 5.74) is -8.06. The highest BCUT2D eigenvalue weighted by atomic mass is 19.1. The fourth-order valence-corrected chi connectivity index (χ4v) is 7.30. The number of rotatable bonds is 4. The summed E-state index contributed by atoms with van der Waals surface area (Å²) in [6.07, 6.45) is -2.33. The van der Waals surface area contributed by atoms with Crippen LogP contribution < -0.4 is 0 Å². The number of allylic oxidation sites excluding steroid dienone is 4. The molecule has 0 spiro atoms. The van der Waals surface area contributed by atoms with E-state index in [1.54, 1.807) is 0 Å². The number of alkyl halides is 2. The Bertz CT molecular complexity index is 1050. The molecule has 0 aromatic rings. The molecule has 3 saturated carbocycles. The molecule has 0 heterocycles. The predicted octanol–water partition coefficient (Wildman–Crippen LogP) is 1.71. The number of fused-ring (bicyclic) bond motifs is 5.